The zero-order chi connectivity index (χ0) is 22.6. The molecule has 9 nitrogen and oxygen atoms in total. The molecule has 0 fully saturated rings. The Morgan fingerprint density at radius 3 is 2.68 bits per heavy atom. The first kappa shape index (κ1) is 22.7. The van der Waals surface area contributed by atoms with Gasteiger partial charge in [-0.3, -0.25) is 14.9 Å². The second-order valence-corrected chi connectivity index (χ2v) is 9.06. The zero-order valence-corrected chi connectivity index (χ0v) is 18.1. The highest BCUT2D eigenvalue weighted by Gasteiger charge is 2.28. The molecule has 0 amide bonds. The van der Waals surface area contributed by atoms with E-state index in [0.717, 1.165) is 26.8 Å². The number of aromatic nitrogens is 1. The lowest BCUT2D eigenvalue weighted by Crippen LogP contribution is -2.35. The summed E-state index contributed by atoms with van der Waals surface area (Å²) in [7, 11) is -2.91. The summed E-state index contributed by atoms with van der Waals surface area (Å²) in [5, 5.41) is 12.0. The molecule has 0 saturated heterocycles. The molecule has 1 heterocycles. The van der Waals surface area contributed by atoms with Crippen molar-refractivity contribution in [3.63, 3.8) is 0 Å². The van der Waals surface area contributed by atoms with E-state index in [9.17, 15) is 23.3 Å². The van der Waals surface area contributed by atoms with E-state index in [1.165, 1.54) is 19.2 Å². The SMILES string of the molecule is COC(=O)CCN(CCc1c[nH]c2ccccc12)S(=O)(=O)c1ccc(Cl)c([N+](=O)[O-])c1. The van der Waals surface area contributed by atoms with Crippen molar-refractivity contribution in [2.75, 3.05) is 20.2 Å². The van der Waals surface area contributed by atoms with Crippen molar-refractivity contribution in [3.8, 4) is 0 Å². The molecule has 0 atom stereocenters. The van der Waals surface area contributed by atoms with Gasteiger partial charge in [-0.05, 0) is 30.2 Å². The molecule has 0 spiro atoms. The number of aromatic amines is 1. The van der Waals surface area contributed by atoms with Gasteiger partial charge < -0.3 is 9.72 Å². The number of methoxy groups -OCH3 is 1. The number of nitrogens with zero attached hydrogens (tertiary/aromatic N) is 2. The van der Waals surface area contributed by atoms with Gasteiger partial charge in [-0.1, -0.05) is 29.8 Å². The van der Waals surface area contributed by atoms with Crippen molar-refractivity contribution >= 4 is 44.2 Å². The highest BCUT2D eigenvalue weighted by Crippen LogP contribution is 2.29. The molecule has 3 aromatic rings. The molecule has 0 saturated carbocycles. The summed E-state index contributed by atoms with van der Waals surface area (Å²) >= 11 is 5.81. The number of hydrogen-bond donors (Lipinski definition) is 1. The number of sulfonamides is 1. The van der Waals surface area contributed by atoms with E-state index in [4.69, 9.17) is 11.6 Å². The quantitative estimate of drug-likeness (QED) is 0.293. The Balaban J connectivity index is 1.91. The van der Waals surface area contributed by atoms with Crippen LogP contribution in [0.2, 0.25) is 5.02 Å². The molecule has 0 unspecified atom stereocenters. The van der Waals surface area contributed by atoms with Gasteiger partial charge in [0.2, 0.25) is 10.0 Å². The molecule has 31 heavy (non-hydrogen) atoms. The summed E-state index contributed by atoms with van der Waals surface area (Å²) in [6, 6.07) is 10.9. The third-order valence-electron chi connectivity index (χ3n) is 4.85. The molecular weight excluding hydrogens is 446 g/mol. The summed E-state index contributed by atoms with van der Waals surface area (Å²) in [6.07, 6.45) is 2.03. The van der Waals surface area contributed by atoms with E-state index in [2.05, 4.69) is 9.72 Å². The van der Waals surface area contributed by atoms with Crippen molar-refractivity contribution in [2.24, 2.45) is 0 Å². The van der Waals surface area contributed by atoms with Crippen molar-refractivity contribution in [1.29, 1.82) is 0 Å². The van der Waals surface area contributed by atoms with Crippen LogP contribution in [0.3, 0.4) is 0 Å². The van der Waals surface area contributed by atoms with Gasteiger partial charge in [0, 0.05) is 36.3 Å². The number of nitro benzene ring substituents is 1. The molecule has 0 radical (unpaired) electrons. The van der Waals surface area contributed by atoms with E-state index in [1.807, 2.05) is 30.5 Å². The fourth-order valence-corrected chi connectivity index (χ4v) is 4.84. The number of para-hydroxylation sites is 1. The smallest absolute Gasteiger partial charge is 0.306 e. The minimum Gasteiger partial charge on any atom is -0.469 e. The number of nitro groups is 1. The summed E-state index contributed by atoms with van der Waals surface area (Å²) < 4.78 is 32.2. The predicted octanol–water partition coefficient (Wildman–Crippen LogP) is 3.53. The number of carbonyl (C=O) groups is 1. The molecule has 3 rings (SSSR count). The number of halogens is 1. The predicted molar refractivity (Wildman–Crippen MR) is 116 cm³/mol. The first-order chi connectivity index (χ1) is 14.7. The Bertz CT molecular complexity index is 1220. The topological polar surface area (TPSA) is 123 Å². The summed E-state index contributed by atoms with van der Waals surface area (Å²) in [6.45, 7) is -0.0641. The maximum Gasteiger partial charge on any atom is 0.306 e. The molecule has 0 bridgehead atoms. The maximum atomic E-state index is 13.2. The van der Waals surface area contributed by atoms with Gasteiger partial charge in [0.1, 0.15) is 5.02 Å². The number of nitrogens with one attached hydrogen (secondary N) is 1. The van der Waals surface area contributed by atoms with E-state index >= 15 is 0 Å². The van der Waals surface area contributed by atoms with Crippen LogP contribution < -0.4 is 0 Å². The number of hydrogen-bond acceptors (Lipinski definition) is 6. The van der Waals surface area contributed by atoms with Crippen molar-refractivity contribution in [1.82, 2.24) is 9.29 Å². The van der Waals surface area contributed by atoms with Crippen LogP contribution in [0.25, 0.3) is 10.9 Å². The second kappa shape index (κ2) is 9.46. The van der Waals surface area contributed by atoms with E-state index < -0.39 is 26.6 Å². The summed E-state index contributed by atoms with van der Waals surface area (Å²) in [5.41, 5.74) is 1.33. The molecule has 11 heteroatoms. The molecule has 164 valence electrons. The standard InChI is InChI=1S/C20H20ClN3O6S/c1-30-20(25)9-11-23(10-8-14-13-22-18-5-3-2-4-16(14)18)31(28,29)15-6-7-17(21)19(12-15)24(26)27/h2-7,12-13,22H,8-11H2,1H3. The number of carbonyl (C=O) groups excluding carboxylic acids is 1. The van der Waals surface area contributed by atoms with Crippen LogP contribution >= 0.6 is 11.6 Å². The Morgan fingerprint density at radius 1 is 1.23 bits per heavy atom. The van der Waals surface area contributed by atoms with Crippen LogP contribution in [0.15, 0.2) is 53.6 Å². The van der Waals surface area contributed by atoms with Crippen LogP contribution in [0, 0.1) is 10.1 Å². The molecule has 2 aromatic carbocycles. The molecule has 0 aliphatic heterocycles. The first-order valence-electron chi connectivity index (χ1n) is 9.30. The van der Waals surface area contributed by atoms with Gasteiger partial charge >= 0.3 is 5.97 Å². The van der Waals surface area contributed by atoms with Gasteiger partial charge in [-0.15, -0.1) is 0 Å². The Morgan fingerprint density at radius 2 is 1.97 bits per heavy atom. The van der Waals surface area contributed by atoms with Crippen LogP contribution in [-0.2, 0) is 26.0 Å². The van der Waals surface area contributed by atoms with Gasteiger partial charge in [0.15, 0.2) is 0 Å². The second-order valence-electron chi connectivity index (χ2n) is 6.71. The Kier molecular flexibility index (Phi) is 6.94. The van der Waals surface area contributed by atoms with E-state index in [-0.39, 0.29) is 29.4 Å². The maximum absolute atomic E-state index is 13.2. The Labute approximate surface area is 183 Å². The molecule has 1 N–H and O–H groups in total. The third kappa shape index (κ3) is 5.04. The molecule has 0 aliphatic rings. The number of rotatable bonds is 9. The van der Waals surface area contributed by atoms with Crippen molar-refractivity contribution in [2.45, 2.75) is 17.7 Å². The average molecular weight is 466 g/mol. The monoisotopic (exact) mass is 465 g/mol. The van der Waals surface area contributed by atoms with Crippen LogP contribution in [-0.4, -0.2) is 48.8 Å². The minimum atomic E-state index is -4.13. The van der Waals surface area contributed by atoms with Gasteiger partial charge in [0.05, 0.1) is 23.3 Å². The fourth-order valence-electron chi connectivity index (χ4n) is 3.20. The number of ether oxygens (including phenoxy) is 1. The lowest BCUT2D eigenvalue weighted by molar-refractivity contribution is -0.384. The third-order valence-corrected chi connectivity index (χ3v) is 7.06. The average Bonchev–Trinajstić information content (AvgIpc) is 3.16. The number of benzene rings is 2. The van der Waals surface area contributed by atoms with E-state index in [0.29, 0.717) is 6.42 Å². The van der Waals surface area contributed by atoms with Gasteiger partial charge in [0.25, 0.3) is 5.69 Å². The zero-order valence-electron chi connectivity index (χ0n) is 16.6. The summed E-state index contributed by atoms with van der Waals surface area (Å²) in [4.78, 5) is 24.9. The number of fused-ring (bicyclic) bond motifs is 1. The fraction of sp³-hybridized carbons (Fsp3) is 0.250. The van der Waals surface area contributed by atoms with Crippen LogP contribution in [0.1, 0.15) is 12.0 Å². The Hall–Kier alpha value is -2.95. The minimum absolute atomic E-state index is 0.0671. The lowest BCUT2D eigenvalue weighted by atomic mass is 10.1. The van der Waals surface area contributed by atoms with Crippen molar-refractivity contribution in [3.05, 3.63) is 69.4 Å². The van der Waals surface area contributed by atoms with Crippen LogP contribution in [0.4, 0.5) is 5.69 Å². The molecule has 0 aliphatic carbocycles. The number of esters is 1. The van der Waals surface area contributed by atoms with E-state index in [1.54, 1.807) is 0 Å². The molecule has 1 aromatic heterocycles. The highest BCUT2D eigenvalue weighted by molar-refractivity contribution is 7.89. The van der Waals surface area contributed by atoms with Crippen molar-refractivity contribution < 1.29 is 22.9 Å². The van der Waals surface area contributed by atoms with Gasteiger partial charge in [-0.25, -0.2) is 8.42 Å². The van der Waals surface area contributed by atoms with Gasteiger partial charge in [-0.2, -0.15) is 4.31 Å². The summed E-state index contributed by atoms with van der Waals surface area (Å²) in [5.74, 6) is -0.561. The normalized spacial score (nSPS) is 11.7. The van der Waals surface area contributed by atoms with Crippen LogP contribution in [0.5, 0.6) is 0 Å². The molecular formula is C20H20ClN3O6S. The highest BCUT2D eigenvalue weighted by atomic mass is 35.5. The number of H-pyrrole nitrogens is 1. The largest absolute Gasteiger partial charge is 0.469 e. The first-order valence-corrected chi connectivity index (χ1v) is 11.1. The lowest BCUT2D eigenvalue weighted by Gasteiger charge is -2.22.